The highest BCUT2D eigenvalue weighted by Crippen LogP contribution is 2.36. The fourth-order valence-electron chi connectivity index (χ4n) is 4.04. The van der Waals surface area contributed by atoms with Gasteiger partial charge in [-0.05, 0) is 44.2 Å². The third kappa shape index (κ3) is 9.20. The average molecular weight is 513 g/mol. The number of hydrogen-bond donors (Lipinski definition) is 4. The maximum atomic E-state index is 13.5. The van der Waals surface area contributed by atoms with Crippen LogP contribution < -0.4 is 15.4 Å². The Morgan fingerprint density at radius 1 is 1.28 bits per heavy atom. The molecule has 0 bridgehead atoms. The van der Waals surface area contributed by atoms with Crippen molar-refractivity contribution in [2.75, 3.05) is 46.6 Å². The van der Waals surface area contributed by atoms with Crippen LogP contribution in [0.4, 0.5) is 4.79 Å². The van der Waals surface area contributed by atoms with Gasteiger partial charge in [-0.15, -0.1) is 0 Å². The molecule has 2 amide bonds. The number of nitrogens with one attached hydrogen (secondary N) is 2. The largest absolute Gasteiger partial charge is 0.475 e. The first kappa shape index (κ1) is 31.6. The Balaban J connectivity index is 0.00000324. The molecule has 1 aromatic rings. The fourth-order valence-corrected chi connectivity index (χ4v) is 4.04. The molecular formula is C25H44N4O7. The third-order valence-corrected chi connectivity index (χ3v) is 5.93. The van der Waals surface area contributed by atoms with Gasteiger partial charge in [-0.2, -0.15) is 0 Å². The normalized spacial score (nSPS) is 19.9. The highest BCUT2D eigenvalue weighted by molar-refractivity contribution is 5.82. The predicted octanol–water partition coefficient (Wildman–Crippen LogP) is 1.98. The van der Waals surface area contributed by atoms with E-state index < -0.39 is 18.3 Å². The standard InChI is InChI=1S/C23H36N4O7.2CH4/c1-15(27(18-5-6-18)22(29)20-13-24-12-19(14-28)34-20)16-10-17(4-3-7-25-23(30)31)26-21(11-16)33-9-8-32-2;;/h10-11,15,18-20,24-25,28H,3-9,12-14H2,1-2H3,(H,30,31);2*1H4/t15-,19+,20-;;/m1../s1. The zero-order chi connectivity index (χ0) is 24.5. The summed E-state index contributed by atoms with van der Waals surface area (Å²) in [6, 6.07) is 3.71. The molecule has 1 saturated carbocycles. The van der Waals surface area contributed by atoms with Crippen molar-refractivity contribution in [3.63, 3.8) is 0 Å². The summed E-state index contributed by atoms with van der Waals surface area (Å²) in [7, 11) is 1.60. The van der Waals surface area contributed by atoms with E-state index in [1.54, 1.807) is 7.11 Å². The summed E-state index contributed by atoms with van der Waals surface area (Å²) >= 11 is 0. The van der Waals surface area contributed by atoms with Gasteiger partial charge in [-0.3, -0.25) is 4.79 Å². The summed E-state index contributed by atoms with van der Waals surface area (Å²) in [4.78, 5) is 30.6. The van der Waals surface area contributed by atoms with E-state index in [1.807, 2.05) is 24.0 Å². The van der Waals surface area contributed by atoms with E-state index in [0.717, 1.165) is 24.1 Å². The Hall–Kier alpha value is -2.47. The quantitative estimate of drug-likeness (QED) is 0.292. The van der Waals surface area contributed by atoms with E-state index in [0.29, 0.717) is 51.6 Å². The lowest BCUT2D eigenvalue weighted by Gasteiger charge is -2.36. The summed E-state index contributed by atoms with van der Waals surface area (Å²) in [6.45, 7) is 3.87. The molecule has 1 aromatic heterocycles. The molecule has 1 aliphatic heterocycles. The van der Waals surface area contributed by atoms with E-state index in [9.17, 15) is 14.7 Å². The van der Waals surface area contributed by atoms with Crippen LogP contribution in [0.3, 0.4) is 0 Å². The molecule has 11 heteroatoms. The molecule has 206 valence electrons. The second-order valence-electron chi connectivity index (χ2n) is 8.65. The molecule has 2 aliphatic rings. The van der Waals surface area contributed by atoms with E-state index in [2.05, 4.69) is 15.6 Å². The highest BCUT2D eigenvalue weighted by Gasteiger charge is 2.41. The van der Waals surface area contributed by atoms with E-state index in [-0.39, 0.29) is 39.5 Å². The monoisotopic (exact) mass is 512 g/mol. The molecule has 36 heavy (non-hydrogen) atoms. The molecule has 0 unspecified atom stereocenters. The minimum absolute atomic E-state index is 0. The lowest BCUT2D eigenvalue weighted by atomic mass is 10.0. The molecule has 0 spiro atoms. The van der Waals surface area contributed by atoms with Crippen molar-refractivity contribution in [1.82, 2.24) is 20.5 Å². The average Bonchev–Trinajstić information content (AvgIpc) is 3.67. The van der Waals surface area contributed by atoms with Gasteiger partial charge in [0.2, 0.25) is 5.88 Å². The zero-order valence-corrected chi connectivity index (χ0v) is 19.9. The van der Waals surface area contributed by atoms with Gasteiger partial charge in [0.1, 0.15) is 12.7 Å². The van der Waals surface area contributed by atoms with Gasteiger partial charge in [-0.1, -0.05) is 14.9 Å². The zero-order valence-electron chi connectivity index (χ0n) is 19.9. The van der Waals surface area contributed by atoms with Crippen molar-refractivity contribution in [3.05, 3.63) is 23.4 Å². The molecule has 2 fully saturated rings. The number of carbonyl (C=O) groups excluding carboxylic acids is 1. The second-order valence-corrected chi connectivity index (χ2v) is 8.65. The molecule has 4 N–H and O–H groups in total. The molecule has 1 aliphatic carbocycles. The third-order valence-electron chi connectivity index (χ3n) is 5.93. The number of carboxylic acid groups (broad SMARTS) is 1. The van der Waals surface area contributed by atoms with Crippen molar-refractivity contribution in [1.29, 1.82) is 0 Å². The molecular weight excluding hydrogens is 468 g/mol. The van der Waals surface area contributed by atoms with Crippen LogP contribution in [0, 0.1) is 0 Å². The summed E-state index contributed by atoms with van der Waals surface area (Å²) < 4.78 is 16.7. The Labute approximate surface area is 214 Å². The number of carbonyl (C=O) groups is 2. The van der Waals surface area contributed by atoms with Crippen LogP contribution in [-0.4, -0.2) is 96.9 Å². The van der Waals surface area contributed by atoms with Gasteiger partial charge < -0.3 is 40.0 Å². The first-order valence-electron chi connectivity index (χ1n) is 11.8. The van der Waals surface area contributed by atoms with Crippen molar-refractivity contribution in [2.24, 2.45) is 0 Å². The number of nitrogens with zero attached hydrogens (tertiary/aromatic N) is 2. The fraction of sp³-hybridized carbons (Fsp3) is 0.720. The van der Waals surface area contributed by atoms with Gasteiger partial charge in [0.05, 0.1) is 25.4 Å². The SMILES string of the molecule is C.C.COCCOc1cc([C@@H](C)N(C(=O)[C@H]2CNC[C@@H](CO)O2)C2CC2)cc(CCCNC(=O)O)n1. The summed E-state index contributed by atoms with van der Waals surface area (Å²) in [5, 5.41) is 23.8. The predicted molar refractivity (Wildman–Crippen MR) is 136 cm³/mol. The molecule has 2 heterocycles. The number of rotatable bonds is 13. The van der Waals surface area contributed by atoms with Crippen LogP contribution in [0.15, 0.2) is 12.1 Å². The minimum Gasteiger partial charge on any atom is -0.475 e. The van der Waals surface area contributed by atoms with Crippen molar-refractivity contribution in [3.8, 4) is 5.88 Å². The Morgan fingerprint density at radius 2 is 2.03 bits per heavy atom. The number of methoxy groups -OCH3 is 1. The van der Waals surface area contributed by atoms with Gasteiger partial charge in [0.25, 0.3) is 5.91 Å². The number of aryl methyl sites for hydroxylation is 1. The molecule has 1 saturated heterocycles. The number of morpholine rings is 1. The molecule has 3 atom stereocenters. The van der Waals surface area contributed by atoms with Crippen molar-refractivity contribution < 1.29 is 34.0 Å². The van der Waals surface area contributed by atoms with Crippen LogP contribution in [0.25, 0.3) is 0 Å². The maximum Gasteiger partial charge on any atom is 0.404 e. The molecule has 0 radical (unpaired) electrons. The lowest BCUT2D eigenvalue weighted by molar-refractivity contribution is -0.155. The number of pyridine rings is 1. The smallest absolute Gasteiger partial charge is 0.404 e. The first-order valence-corrected chi connectivity index (χ1v) is 11.8. The molecule has 0 aromatic carbocycles. The topological polar surface area (TPSA) is 142 Å². The molecule has 3 rings (SSSR count). The number of aliphatic hydroxyl groups is 1. The summed E-state index contributed by atoms with van der Waals surface area (Å²) in [6.07, 6.45) is 0.934. The van der Waals surface area contributed by atoms with Gasteiger partial charge in [0, 0.05) is 44.5 Å². The van der Waals surface area contributed by atoms with Crippen LogP contribution in [0.1, 0.15) is 58.3 Å². The van der Waals surface area contributed by atoms with Crippen LogP contribution in [0.2, 0.25) is 0 Å². The van der Waals surface area contributed by atoms with Gasteiger partial charge in [-0.25, -0.2) is 9.78 Å². The van der Waals surface area contributed by atoms with Gasteiger partial charge in [0.15, 0.2) is 0 Å². The number of ether oxygens (including phenoxy) is 3. The maximum absolute atomic E-state index is 13.5. The van der Waals surface area contributed by atoms with E-state index in [4.69, 9.17) is 19.3 Å². The minimum atomic E-state index is -1.06. The number of aromatic nitrogens is 1. The van der Waals surface area contributed by atoms with Crippen molar-refractivity contribution >= 4 is 12.0 Å². The summed E-state index contributed by atoms with van der Waals surface area (Å²) in [5.41, 5.74) is 1.66. The second kappa shape index (κ2) is 15.6. The van der Waals surface area contributed by atoms with Crippen LogP contribution >= 0.6 is 0 Å². The number of amides is 2. The lowest BCUT2D eigenvalue weighted by Crippen LogP contribution is -2.54. The summed E-state index contributed by atoms with van der Waals surface area (Å²) in [5.74, 6) is 0.355. The Morgan fingerprint density at radius 3 is 2.67 bits per heavy atom. The van der Waals surface area contributed by atoms with Crippen LogP contribution in [0.5, 0.6) is 5.88 Å². The Bertz CT molecular complexity index is 822. The van der Waals surface area contributed by atoms with Crippen LogP contribution in [-0.2, 0) is 20.7 Å². The number of hydrogen-bond acceptors (Lipinski definition) is 8. The van der Waals surface area contributed by atoms with E-state index in [1.165, 1.54) is 0 Å². The highest BCUT2D eigenvalue weighted by atomic mass is 16.5. The number of aliphatic hydroxyl groups excluding tert-OH is 1. The van der Waals surface area contributed by atoms with Crippen molar-refractivity contribution in [2.45, 2.75) is 71.8 Å². The van der Waals surface area contributed by atoms with Gasteiger partial charge >= 0.3 is 6.09 Å². The first-order chi connectivity index (χ1) is 16.4. The molecule has 11 nitrogen and oxygen atoms in total. The van der Waals surface area contributed by atoms with E-state index >= 15 is 0 Å². The Kier molecular flexibility index (Phi) is 13.7.